The van der Waals surface area contributed by atoms with E-state index in [9.17, 15) is 9.59 Å². The standard InChI is InChI=1S/C24H34N4O2S/c1-19(2)22(26-23(29)21-11-8-18-31-21)24(30)25-12-6-7-13-27-14-16-28(17-15-27)20-9-4-3-5-10-20/h3-5,8-11,18-19,22H,6-7,12-17H2,1-2H3,(H,25,30)(H,26,29). The van der Waals surface area contributed by atoms with Crippen molar-refractivity contribution >= 4 is 28.8 Å². The summed E-state index contributed by atoms with van der Waals surface area (Å²) < 4.78 is 0. The van der Waals surface area contributed by atoms with E-state index < -0.39 is 6.04 Å². The van der Waals surface area contributed by atoms with Gasteiger partial charge in [-0.1, -0.05) is 38.1 Å². The average molecular weight is 443 g/mol. The lowest BCUT2D eigenvalue weighted by Crippen LogP contribution is -2.49. The molecule has 0 radical (unpaired) electrons. The molecule has 168 valence electrons. The summed E-state index contributed by atoms with van der Waals surface area (Å²) in [5.41, 5.74) is 1.30. The fourth-order valence-corrected chi connectivity index (χ4v) is 4.43. The van der Waals surface area contributed by atoms with Crippen LogP contribution in [-0.4, -0.2) is 62.0 Å². The third kappa shape index (κ3) is 7.08. The van der Waals surface area contributed by atoms with Crippen molar-refractivity contribution < 1.29 is 9.59 Å². The van der Waals surface area contributed by atoms with Gasteiger partial charge in [-0.15, -0.1) is 11.3 Å². The Hall–Kier alpha value is -2.38. The highest BCUT2D eigenvalue weighted by Crippen LogP contribution is 2.15. The van der Waals surface area contributed by atoms with Crippen molar-refractivity contribution in [3.63, 3.8) is 0 Å². The van der Waals surface area contributed by atoms with Crippen molar-refractivity contribution in [1.82, 2.24) is 15.5 Å². The Bertz CT molecular complexity index is 802. The van der Waals surface area contributed by atoms with Gasteiger partial charge >= 0.3 is 0 Å². The van der Waals surface area contributed by atoms with E-state index in [0.717, 1.165) is 45.6 Å². The third-order valence-corrected chi connectivity index (χ3v) is 6.54. The molecule has 1 unspecified atom stereocenters. The van der Waals surface area contributed by atoms with Crippen LogP contribution in [0.4, 0.5) is 5.69 Å². The van der Waals surface area contributed by atoms with Crippen LogP contribution in [0.5, 0.6) is 0 Å². The molecular weight excluding hydrogens is 408 g/mol. The van der Waals surface area contributed by atoms with Crippen molar-refractivity contribution in [2.45, 2.75) is 32.7 Å². The molecule has 0 saturated carbocycles. The van der Waals surface area contributed by atoms with Gasteiger partial charge < -0.3 is 15.5 Å². The molecule has 7 heteroatoms. The largest absolute Gasteiger partial charge is 0.369 e. The Kier molecular flexibility index (Phi) is 8.91. The molecule has 31 heavy (non-hydrogen) atoms. The van der Waals surface area contributed by atoms with Gasteiger partial charge in [0, 0.05) is 38.4 Å². The zero-order chi connectivity index (χ0) is 22.1. The van der Waals surface area contributed by atoms with Gasteiger partial charge in [0.15, 0.2) is 0 Å². The second kappa shape index (κ2) is 11.9. The van der Waals surface area contributed by atoms with E-state index in [-0.39, 0.29) is 17.7 Å². The van der Waals surface area contributed by atoms with E-state index in [1.165, 1.54) is 17.0 Å². The average Bonchev–Trinajstić information content (AvgIpc) is 3.33. The normalized spacial score (nSPS) is 15.6. The monoisotopic (exact) mass is 442 g/mol. The van der Waals surface area contributed by atoms with Crippen molar-refractivity contribution in [3.8, 4) is 0 Å². The second-order valence-electron chi connectivity index (χ2n) is 8.33. The number of carbonyl (C=O) groups is 2. The molecule has 2 heterocycles. The third-order valence-electron chi connectivity index (χ3n) is 5.67. The molecule has 3 rings (SSSR count). The molecule has 2 N–H and O–H groups in total. The second-order valence-corrected chi connectivity index (χ2v) is 9.28. The number of rotatable bonds is 10. The Morgan fingerprint density at radius 1 is 1.00 bits per heavy atom. The minimum absolute atomic E-state index is 0.0322. The number of thiophene rings is 1. The van der Waals surface area contributed by atoms with E-state index in [2.05, 4.69) is 50.8 Å². The number of unbranched alkanes of at least 4 members (excludes halogenated alkanes) is 1. The van der Waals surface area contributed by atoms with Crippen LogP contribution in [0.3, 0.4) is 0 Å². The van der Waals surface area contributed by atoms with Gasteiger partial charge in [-0.3, -0.25) is 14.5 Å². The lowest BCUT2D eigenvalue weighted by atomic mass is 10.0. The van der Waals surface area contributed by atoms with Crippen LogP contribution < -0.4 is 15.5 Å². The van der Waals surface area contributed by atoms with Crippen LogP contribution in [0.1, 0.15) is 36.4 Å². The number of piperazine rings is 1. The van der Waals surface area contributed by atoms with Crippen LogP contribution in [0.25, 0.3) is 0 Å². The molecule has 1 aromatic heterocycles. The Balaban J connectivity index is 1.31. The summed E-state index contributed by atoms with van der Waals surface area (Å²) in [6.45, 7) is 9.86. The van der Waals surface area contributed by atoms with E-state index in [1.807, 2.05) is 25.3 Å². The van der Waals surface area contributed by atoms with Crippen LogP contribution in [0.2, 0.25) is 0 Å². The fourth-order valence-electron chi connectivity index (χ4n) is 3.81. The van der Waals surface area contributed by atoms with Crippen LogP contribution in [0, 0.1) is 5.92 Å². The Morgan fingerprint density at radius 3 is 2.39 bits per heavy atom. The molecule has 6 nitrogen and oxygen atoms in total. The van der Waals surface area contributed by atoms with Crippen LogP contribution in [0.15, 0.2) is 47.8 Å². The number of nitrogens with one attached hydrogen (secondary N) is 2. The van der Waals surface area contributed by atoms with Gasteiger partial charge in [-0.2, -0.15) is 0 Å². The first-order valence-corrected chi connectivity index (χ1v) is 12.1. The number of hydrogen-bond acceptors (Lipinski definition) is 5. The molecule has 1 fully saturated rings. The van der Waals surface area contributed by atoms with Gasteiger partial charge in [0.05, 0.1) is 4.88 Å². The predicted molar refractivity (Wildman–Crippen MR) is 128 cm³/mol. The van der Waals surface area contributed by atoms with Crippen molar-refractivity contribution in [3.05, 3.63) is 52.7 Å². The summed E-state index contributed by atoms with van der Waals surface area (Å²) in [6, 6.07) is 13.7. The maximum atomic E-state index is 12.6. The maximum absolute atomic E-state index is 12.6. The topological polar surface area (TPSA) is 64.7 Å². The van der Waals surface area contributed by atoms with Gasteiger partial charge in [-0.25, -0.2) is 0 Å². The summed E-state index contributed by atoms with van der Waals surface area (Å²) in [7, 11) is 0. The van der Waals surface area contributed by atoms with Gasteiger partial charge in [-0.05, 0) is 48.9 Å². The van der Waals surface area contributed by atoms with E-state index >= 15 is 0 Å². The maximum Gasteiger partial charge on any atom is 0.262 e. The quantitative estimate of drug-likeness (QED) is 0.555. The first kappa shape index (κ1) is 23.3. The molecule has 1 aliphatic heterocycles. The summed E-state index contributed by atoms with van der Waals surface area (Å²) in [5, 5.41) is 7.74. The minimum Gasteiger partial charge on any atom is -0.369 e. The predicted octanol–water partition coefficient (Wildman–Crippen LogP) is 3.22. The number of benzene rings is 1. The fraction of sp³-hybridized carbons (Fsp3) is 0.500. The minimum atomic E-state index is -0.513. The molecule has 0 aliphatic carbocycles. The van der Waals surface area contributed by atoms with Crippen LogP contribution in [-0.2, 0) is 4.79 Å². The van der Waals surface area contributed by atoms with Crippen molar-refractivity contribution in [2.75, 3.05) is 44.2 Å². The van der Waals surface area contributed by atoms with E-state index in [0.29, 0.717) is 11.4 Å². The van der Waals surface area contributed by atoms with E-state index in [1.54, 1.807) is 6.07 Å². The molecule has 1 atom stereocenters. The van der Waals surface area contributed by atoms with Gasteiger partial charge in [0.1, 0.15) is 6.04 Å². The Labute approximate surface area is 189 Å². The summed E-state index contributed by atoms with van der Waals surface area (Å²) in [4.78, 5) is 30.5. The first-order chi connectivity index (χ1) is 15.0. The molecule has 0 spiro atoms. The van der Waals surface area contributed by atoms with Gasteiger partial charge in [0.25, 0.3) is 5.91 Å². The highest BCUT2D eigenvalue weighted by Gasteiger charge is 2.24. The molecule has 0 bridgehead atoms. The number of anilines is 1. The van der Waals surface area contributed by atoms with E-state index in [4.69, 9.17) is 0 Å². The summed E-state index contributed by atoms with van der Waals surface area (Å²) in [6.07, 6.45) is 1.99. The molecular formula is C24H34N4O2S. The van der Waals surface area contributed by atoms with Crippen molar-refractivity contribution in [1.29, 1.82) is 0 Å². The van der Waals surface area contributed by atoms with Crippen LogP contribution >= 0.6 is 11.3 Å². The summed E-state index contributed by atoms with van der Waals surface area (Å²) >= 11 is 1.38. The molecule has 1 saturated heterocycles. The molecule has 1 aromatic carbocycles. The molecule has 1 aliphatic rings. The number of carbonyl (C=O) groups excluding carboxylic acids is 2. The molecule has 2 amide bonds. The first-order valence-electron chi connectivity index (χ1n) is 11.2. The highest BCUT2D eigenvalue weighted by molar-refractivity contribution is 7.12. The Morgan fingerprint density at radius 2 is 1.74 bits per heavy atom. The number of para-hydroxylation sites is 1. The molecule has 2 aromatic rings. The zero-order valence-electron chi connectivity index (χ0n) is 18.5. The number of amides is 2. The number of hydrogen-bond donors (Lipinski definition) is 2. The van der Waals surface area contributed by atoms with Gasteiger partial charge in [0.2, 0.25) is 5.91 Å². The highest BCUT2D eigenvalue weighted by atomic mass is 32.1. The summed E-state index contributed by atoms with van der Waals surface area (Å²) in [5.74, 6) is -0.250. The zero-order valence-corrected chi connectivity index (χ0v) is 19.4. The number of nitrogens with zero attached hydrogens (tertiary/aromatic N) is 2. The smallest absolute Gasteiger partial charge is 0.262 e. The lowest BCUT2D eigenvalue weighted by molar-refractivity contribution is -0.123. The SMILES string of the molecule is CC(C)C(NC(=O)c1cccs1)C(=O)NCCCCN1CCN(c2ccccc2)CC1. The lowest BCUT2D eigenvalue weighted by Gasteiger charge is -2.36. The van der Waals surface area contributed by atoms with Crippen molar-refractivity contribution in [2.24, 2.45) is 5.92 Å².